The van der Waals surface area contributed by atoms with Gasteiger partial charge in [-0.05, 0) is 68.5 Å². The van der Waals surface area contributed by atoms with E-state index in [0.717, 1.165) is 50.4 Å². The predicted molar refractivity (Wildman–Crippen MR) is 128 cm³/mol. The second kappa shape index (κ2) is 10.1. The molecule has 34 heavy (non-hydrogen) atoms. The number of ether oxygens (including phenoxy) is 3. The molecule has 1 fully saturated rings. The molecule has 0 saturated carbocycles. The highest BCUT2D eigenvalue weighted by atomic mass is 19.1. The molecule has 0 radical (unpaired) electrons. The first-order valence-corrected chi connectivity index (χ1v) is 12.0. The van der Waals surface area contributed by atoms with Gasteiger partial charge in [-0.2, -0.15) is 0 Å². The van der Waals surface area contributed by atoms with Gasteiger partial charge in [0.25, 0.3) is 0 Å². The molecule has 2 aliphatic rings. The number of nitrogens with zero attached hydrogens (tertiary/aromatic N) is 3. The first kappa shape index (κ1) is 22.8. The topological polar surface area (TPSA) is 82.7 Å². The highest BCUT2D eigenvalue weighted by Crippen LogP contribution is 2.32. The van der Waals surface area contributed by atoms with E-state index in [1.54, 1.807) is 13.2 Å². The van der Waals surface area contributed by atoms with Gasteiger partial charge in [0.15, 0.2) is 11.5 Å². The van der Waals surface area contributed by atoms with E-state index in [1.165, 1.54) is 11.8 Å². The first-order valence-electron chi connectivity index (χ1n) is 12.0. The quantitative estimate of drug-likeness (QED) is 0.572. The molecule has 1 atom stereocenters. The highest BCUT2D eigenvalue weighted by molar-refractivity contribution is 5.78. The van der Waals surface area contributed by atoms with E-state index < -0.39 is 0 Å². The largest absolute Gasteiger partial charge is 0.486 e. The fourth-order valence-electron chi connectivity index (χ4n) is 4.96. The average Bonchev–Trinajstić information content (AvgIpc) is 2.88. The lowest BCUT2D eigenvalue weighted by atomic mass is 9.86. The summed E-state index contributed by atoms with van der Waals surface area (Å²) in [5.74, 6) is 2.24. The summed E-state index contributed by atoms with van der Waals surface area (Å²) in [6.07, 6.45) is 4.77. The third-order valence-electron chi connectivity index (χ3n) is 6.94. The molecule has 0 aliphatic carbocycles. The Labute approximate surface area is 199 Å². The van der Waals surface area contributed by atoms with Crippen LogP contribution in [-0.2, 0) is 12.8 Å². The van der Waals surface area contributed by atoms with Gasteiger partial charge in [-0.1, -0.05) is 6.07 Å². The number of benzene rings is 1. The van der Waals surface area contributed by atoms with Crippen LogP contribution >= 0.6 is 0 Å². The van der Waals surface area contributed by atoms with Gasteiger partial charge in [0, 0.05) is 24.2 Å². The average molecular weight is 467 g/mol. The summed E-state index contributed by atoms with van der Waals surface area (Å²) in [5, 5.41) is 0. The number of rotatable bonds is 7. The Morgan fingerprint density at radius 2 is 1.94 bits per heavy atom. The summed E-state index contributed by atoms with van der Waals surface area (Å²) in [6, 6.07) is 9.78. The molecule has 3 aromatic rings. The normalized spacial score (nSPS) is 17.6. The Balaban J connectivity index is 1.16. The summed E-state index contributed by atoms with van der Waals surface area (Å²) < 4.78 is 31.1. The summed E-state index contributed by atoms with van der Waals surface area (Å²) in [4.78, 5) is 11.0. The number of piperidine rings is 1. The summed E-state index contributed by atoms with van der Waals surface area (Å²) in [7, 11) is 1.56. The molecule has 1 unspecified atom stereocenters. The van der Waals surface area contributed by atoms with Crippen molar-refractivity contribution in [1.29, 1.82) is 0 Å². The van der Waals surface area contributed by atoms with E-state index in [4.69, 9.17) is 19.9 Å². The second-order valence-electron chi connectivity index (χ2n) is 9.08. The monoisotopic (exact) mass is 466 g/mol. The van der Waals surface area contributed by atoms with Crippen molar-refractivity contribution in [3.8, 4) is 17.4 Å². The van der Waals surface area contributed by atoms with Crippen LogP contribution in [0.5, 0.6) is 17.4 Å². The smallest absolute Gasteiger partial charge is 0.213 e. The maximum absolute atomic E-state index is 14.6. The molecule has 4 heterocycles. The van der Waals surface area contributed by atoms with Crippen molar-refractivity contribution in [2.75, 3.05) is 40.0 Å². The van der Waals surface area contributed by atoms with Crippen molar-refractivity contribution in [3.05, 3.63) is 53.5 Å². The molecule has 180 valence electrons. The van der Waals surface area contributed by atoms with E-state index in [1.807, 2.05) is 12.1 Å². The number of aromatic nitrogens is 2. The Morgan fingerprint density at radius 3 is 2.74 bits per heavy atom. The minimum atomic E-state index is -0.315. The van der Waals surface area contributed by atoms with Crippen LogP contribution in [0.2, 0.25) is 0 Å². The molecule has 0 spiro atoms. The van der Waals surface area contributed by atoms with Crippen LogP contribution in [0.25, 0.3) is 11.0 Å². The van der Waals surface area contributed by atoms with Crippen LogP contribution in [0.4, 0.5) is 4.39 Å². The molecule has 2 aliphatic heterocycles. The molecule has 2 N–H and O–H groups in total. The zero-order valence-electron chi connectivity index (χ0n) is 19.5. The fourth-order valence-corrected chi connectivity index (χ4v) is 4.96. The third-order valence-corrected chi connectivity index (χ3v) is 6.94. The molecule has 0 bridgehead atoms. The van der Waals surface area contributed by atoms with Gasteiger partial charge in [-0.3, -0.25) is 4.98 Å². The number of fused-ring (bicyclic) bond motifs is 2. The summed E-state index contributed by atoms with van der Waals surface area (Å²) in [5.41, 5.74) is 9.65. The number of hydrogen-bond donors (Lipinski definition) is 1. The standard InChI is InChI=1S/C26H31FN4O3/c1-32-25-5-3-22-26(30-25)19(20(27)16-29-22)8-11-31-9-6-18(7-10-31)21(28)14-17-2-4-23-24(15-17)34-13-12-33-23/h2-5,15-16,18,21H,6-14,28H2,1H3. The number of pyridine rings is 2. The Hall–Kier alpha value is -2.97. The minimum absolute atomic E-state index is 0.1000. The van der Waals surface area contributed by atoms with Crippen molar-refractivity contribution < 1.29 is 18.6 Å². The van der Waals surface area contributed by atoms with Gasteiger partial charge < -0.3 is 24.8 Å². The first-order chi connectivity index (χ1) is 16.6. The maximum Gasteiger partial charge on any atom is 0.213 e. The number of nitrogens with two attached hydrogens (primary N) is 1. The van der Waals surface area contributed by atoms with E-state index in [0.29, 0.717) is 48.0 Å². The molecule has 8 heteroatoms. The van der Waals surface area contributed by atoms with E-state index in [-0.39, 0.29) is 11.9 Å². The number of hydrogen-bond acceptors (Lipinski definition) is 7. The van der Waals surface area contributed by atoms with E-state index in [2.05, 4.69) is 27.0 Å². The van der Waals surface area contributed by atoms with Crippen LogP contribution in [-0.4, -0.2) is 60.9 Å². The van der Waals surface area contributed by atoms with Crippen molar-refractivity contribution in [2.24, 2.45) is 11.7 Å². The van der Waals surface area contributed by atoms with Gasteiger partial charge in [0.1, 0.15) is 19.0 Å². The molecule has 0 amide bonds. The summed E-state index contributed by atoms with van der Waals surface area (Å²) in [6.45, 7) is 3.88. The van der Waals surface area contributed by atoms with Crippen LogP contribution in [0.3, 0.4) is 0 Å². The molecular weight excluding hydrogens is 435 g/mol. The zero-order valence-corrected chi connectivity index (χ0v) is 19.5. The number of methoxy groups -OCH3 is 1. The Morgan fingerprint density at radius 1 is 1.15 bits per heavy atom. The fraction of sp³-hybridized carbons (Fsp3) is 0.462. The number of halogens is 1. The van der Waals surface area contributed by atoms with Crippen LogP contribution in [0.1, 0.15) is 24.0 Å². The lowest BCUT2D eigenvalue weighted by Gasteiger charge is -2.35. The Bertz CT molecular complexity index is 1150. The van der Waals surface area contributed by atoms with Gasteiger partial charge in [-0.25, -0.2) is 9.37 Å². The molecule has 2 aromatic heterocycles. The van der Waals surface area contributed by atoms with Crippen molar-refractivity contribution >= 4 is 11.0 Å². The molecular formula is C26H31FN4O3. The second-order valence-corrected chi connectivity index (χ2v) is 9.08. The molecule has 1 saturated heterocycles. The highest BCUT2D eigenvalue weighted by Gasteiger charge is 2.25. The van der Waals surface area contributed by atoms with Gasteiger partial charge in [-0.15, -0.1) is 0 Å². The van der Waals surface area contributed by atoms with Gasteiger partial charge in [0.05, 0.1) is 24.3 Å². The Kier molecular flexibility index (Phi) is 6.78. The van der Waals surface area contributed by atoms with Gasteiger partial charge >= 0.3 is 0 Å². The van der Waals surface area contributed by atoms with Crippen molar-refractivity contribution in [1.82, 2.24) is 14.9 Å². The molecule has 1 aromatic carbocycles. The lowest BCUT2D eigenvalue weighted by Crippen LogP contribution is -2.42. The number of likely N-dealkylation sites (tertiary alicyclic amines) is 1. The van der Waals surface area contributed by atoms with Crippen LogP contribution in [0, 0.1) is 11.7 Å². The third kappa shape index (κ3) is 4.93. The predicted octanol–water partition coefficient (Wildman–Crippen LogP) is 3.37. The van der Waals surface area contributed by atoms with Crippen LogP contribution in [0.15, 0.2) is 36.5 Å². The van der Waals surface area contributed by atoms with Crippen molar-refractivity contribution in [2.45, 2.75) is 31.7 Å². The summed E-state index contributed by atoms with van der Waals surface area (Å²) >= 11 is 0. The van der Waals surface area contributed by atoms with Gasteiger partial charge in [0.2, 0.25) is 5.88 Å². The molecule has 5 rings (SSSR count). The van der Waals surface area contributed by atoms with Crippen LogP contribution < -0.4 is 19.9 Å². The van der Waals surface area contributed by atoms with E-state index in [9.17, 15) is 4.39 Å². The van der Waals surface area contributed by atoms with E-state index >= 15 is 0 Å². The SMILES string of the molecule is COc1ccc2ncc(F)c(CCN3CCC(C(N)Cc4ccc5c(c4)OCCO5)CC3)c2n1. The zero-order chi connectivity index (χ0) is 23.5. The minimum Gasteiger partial charge on any atom is -0.486 e. The lowest BCUT2D eigenvalue weighted by molar-refractivity contribution is 0.168. The molecule has 7 nitrogen and oxygen atoms in total. The van der Waals surface area contributed by atoms with Crippen molar-refractivity contribution in [3.63, 3.8) is 0 Å². The maximum atomic E-state index is 14.6.